The Labute approximate surface area is 147 Å². The van der Waals surface area contributed by atoms with E-state index in [1.165, 1.54) is 12.1 Å². The molecule has 6 nitrogen and oxygen atoms in total. The van der Waals surface area contributed by atoms with Gasteiger partial charge in [-0.2, -0.15) is 5.10 Å². The molecular weight excluding hydrogens is 323 g/mol. The molecule has 25 heavy (non-hydrogen) atoms. The van der Waals surface area contributed by atoms with Crippen LogP contribution in [0.4, 0.5) is 9.18 Å². The van der Waals surface area contributed by atoms with E-state index in [-0.39, 0.29) is 17.9 Å². The molecule has 1 heterocycles. The standard InChI is InChI=1S/C18H25FN4O2/c1-4-17(15-5-7-16(19)8-6-15)21-18(24)23(9-10-25-3)13-14-11-20-22(2)12-14/h5-8,11-12,17H,4,9-10,13H2,1-3H3,(H,21,24). The van der Waals surface area contributed by atoms with Crippen LogP contribution in [0.25, 0.3) is 0 Å². The van der Waals surface area contributed by atoms with Crippen molar-refractivity contribution in [1.29, 1.82) is 0 Å². The van der Waals surface area contributed by atoms with E-state index in [0.717, 1.165) is 11.1 Å². The number of carbonyl (C=O) groups is 1. The van der Waals surface area contributed by atoms with Crippen molar-refractivity contribution in [3.8, 4) is 0 Å². The monoisotopic (exact) mass is 348 g/mol. The normalized spacial score (nSPS) is 12.0. The molecular formula is C18H25FN4O2. The van der Waals surface area contributed by atoms with Gasteiger partial charge in [-0.15, -0.1) is 0 Å². The molecule has 1 unspecified atom stereocenters. The second-order valence-corrected chi connectivity index (χ2v) is 5.90. The Morgan fingerprint density at radius 1 is 1.40 bits per heavy atom. The zero-order chi connectivity index (χ0) is 18.2. The van der Waals surface area contributed by atoms with Gasteiger partial charge in [0.25, 0.3) is 0 Å². The van der Waals surface area contributed by atoms with Crippen molar-refractivity contribution in [3.05, 3.63) is 53.6 Å². The number of rotatable bonds is 8. The van der Waals surface area contributed by atoms with Gasteiger partial charge in [0.2, 0.25) is 0 Å². The van der Waals surface area contributed by atoms with Gasteiger partial charge in [0.15, 0.2) is 0 Å². The molecule has 1 aromatic carbocycles. The predicted molar refractivity (Wildman–Crippen MR) is 93.5 cm³/mol. The van der Waals surface area contributed by atoms with Crippen LogP contribution in [0.2, 0.25) is 0 Å². The molecule has 2 aromatic rings. The van der Waals surface area contributed by atoms with Crippen LogP contribution in [-0.4, -0.2) is 41.0 Å². The third-order valence-electron chi connectivity index (χ3n) is 3.96. The Kier molecular flexibility index (Phi) is 6.94. The third-order valence-corrected chi connectivity index (χ3v) is 3.96. The number of urea groups is 1. The smallest absolute Gasteiger partial charge is 0.318 e. The molecule has 0 saturated heterocycles. The summed E-state index contributed by atoms with van der Waals surface area (Å²) in [5, 5.41) is 7.15. The second kappa shape index (κ2) is 9.17. The average Bonchev–Trinajstić information content (AvgIpc) is 3.02. The molecule has 0 aliphatic carbocycles. The number of methoxy groups -OCH3 is 1. The van der Waals surface area contributed by atoms with Crippen LogP contribution < -0.4 is 5.32 Å². The van der Waals surface area contributed by atoms with Gasteiger partial charge in [-0.05, 0) is 24.1 Å². The van der Waals surface area contributed by atoms with Crippen molar-refractivity contribution in [3.63, 3.8) is 0 Å². The highest BCUT2D eigenvalue weighted by molar-refractivity contribution is 5.74. The zero-order valence-corrected chi connectivity index (χ0v) is 14.9. The molecule has 2 amide bonds. The minimum absolute atomic E-state index is 0.174. The Morgan fingerprint density at radius 3 is 2.68 bits per heavy atom. The average molecular weight is 348 g/mol. The number of benzene rings is 1. The van der Waals surface area contributed by atoms with Gasteiger partial charge >= 0.3 is 6.03 Å². The lowest BCUT2D eigenvalue weighted by Crippen LogP contribution is -2.42. The molecule has 7 heteroatoms. The van der Waals surface area contributed by atoms with Gasteiger partial charge in [0.1, 0.15) is 5.82 Å². The minimum Gasteiger partial charge on any atom is -0.383 e. The third kappa shape index (κ3) is 5.56. The van der Waals surface area contributed by atoms with E-state index in [1.54, 1.807) is 35.0 Å². The highest BCUT2D eigenvalue weighted by atomic mass is 19.1. The Morgan fingerprint density at radius 2 is 2.12 bits per heavy atom. The number of carbonyl (C=O) groups excluding carboxylic acids is 1. The fraction of sp³-hybridized carbons (Fsp3) is 0.444. The second-order valence-electron chi connectivity index (χ2n) is 5.90. The summed E-state index contributed by atoms with van der Waals surface area (Å²) in [7, 11) is 3.44. The summed E-state index contributed by atoms with van der Waals surface area (Å²) in [5.41, 5.74) is 1.83. The number of hydrogen-bond acceptors (Lipinski definition) is 3. The maximum Gasteiger partial charge on any atom is 0.318 e. The van der Waals surface area contributed by atoms with Crippen molar-refractivity contribution >= 4 is 6.03 Å². The largest absolute Gasteiger partial charge is 0.383 e. The van der Waals surface area contributed by atoms with Crippen LogP contribution in [0.15, 0.2) is 36.7 Å². The van der Waals surface area contributed by atoms with Crippen LogP contribution in [0.5, 0.6) is 0 Å². The van der Waals surface area contributed by atoms with Crippen molar-refractivity contribution in [2.75, 3.05) is 20.3 Å². The van der Waals surface area contributed by atoms with E-state index in [1.807, 2.05) is 20.2 Å². The summed E-state index contributed by atoms with van der Waals surface area (Å²) < 4.78 is 19.9. The number of ether oxygens (including phenoxy) is 1. The highest BCUT2D eigenvalue weighted by Gasteiger charge is 2.19. The predicted octanol–water partition coefficient (Wildman–Crippen LogP) is 2.87. The summed E-state index contributed by atoms with van der Waals surface area (Å²) in [6.07, 6.45) is 4.33. The first-order valence-corrected chi connectivity index (χ1v) is 8.30. The molecule has 1 aromatic heterocycles. The minimum atomic E-state index is -0.289. The molecule has 0 fully saturated rings. The maximum atomic E-state index is 13.1. The van der Waals surface area contributed by atoms with E-state index in [0.29, 0.717) is 26.1 Å². The molecule has 1 N–H and O–H groups in total. The van der Waals surface area contributed by atoms with Crippen LogP contribution >= 0.6 is 0 Å². The Balaban J connectivity index is 2.06. The summed E-state index contributed by atoms with van der Waals surface area (Å²) in [4.78, 5) is 14.4. The summed E-state index contributed by atoms with van der Waals surface area (Å²) in [5.74, 6) is -0.289. The van der Waals surface area contributed by atoms with Gasteiger partial charge in [0.05, 0.1) is 25.4 Å². The Hall–Kier alpha value is -2.41. The molecule has 0 aliphatic rings. The molecule has 0 radical (unpaired) electrons. The van der Waals surface area contributed by atoms with Crippen LogP contribution in [0, 0.1) is 5.82 Å². The zero-order valence-electron chi connectivity index (χ0n) is 14.9. The quantitative estimate of drug-likeness (QED) is 0.798. The fourth-order valence-electron chi connectivity index (χ4n) is 2.58. The van der Waals surface area contributed by atoms with Crippen LogP contribution in [0.1, 0.15) is 30.5 Å². The first-order valence-electron chi connectivity index (χ1n) is 8.30. The molecule has 0 saturated carbocycles. The van der Waals surface area contributed by atoms with E-state index < -0.39 is 0 Å². The molecule has 0 aliphatic heterocycles. The van der Waals surface area contributed by atoms with Crippen LogP contribution in [0.3, 0.4) is 0 Å². The molecule has 0 bridgehead atoms. The van der Waals surface area contributed by atoms with Gasteiger partial charge in [-0.1, -0.05) is 19.1 Å². The number of nitrogens with one attached hydrogen (secondary N) is 1. The number of halogens is 1. The number of aromatic nitrogens is 2. The van der Waals surface area contributed by atoms with Gasteiger partial charge in [-0.25, -0.2) is 9.18 Å². The van der Waals surface area contributed by atoms with Crippen molar-refractivity contribution < 1.29 is 13.9 Å². The van der Waals surface area contributed by atoms with E-state index >= 15 is 0 Å². The van der Waals surface area contributed by atoms with Crippen LogP contribution in [-0.2, 0) is 18.3 Å². The van der Waals surface area contributed by atoms with Gasteiger partial charge in [0, 0.05) is 32.5 Å². The van der Waals surface area contributed by atoms with E-state index in [9.17, 15) is 9.18 Å². The lowest BCUT2D eigenvalue weighted by molar-refractivity contribution is 0.144. The summed E-state index contributed by atoms with van der Waals surface area (Å²) in [6, 6.07) is 5.85. The lowest BCUT2D eigenvalue weighted by atomic mass is 10.0. The number of amides is 2. The number of aryl methyl sites for hydroxylation is 1. The molecule has 136 valence electrons. The van der Waals surface area contributed by atoms with E-state index in [4.69, 9.17) is 4.74 Å². The number of hydrogen-bond donors (Lipinski definition) is 1. The first kappa shape index (κ1) is 18.9. The lowest BCUT2D eigenvalue weighted by Gasteiger charge is -2.26. The Bertz CT molecular complexity index is 672. The molecule has 2 rings (SSSR count). The van der Waals surface area contributed by atoms with Crippen molar-refractivity contribution in [1.82, 2.24) is 20.0 Å². The van der Waals surface area contributed by atoms with Crippen molar-refractivity contribution in [2.24, 2.45) is 7.05 Å². The first-order chi connectivity index (χ1) is 12.0. The maximum absolute atomic E-state index is 13.1. The summed E-state index contributed by atoms with van der Waals surface area (Å²) >= 11 is 0. The van der Waals surface area contributed by atoms with Crippen molar-refractivity contribution in [2.45, 2.75) is 25.9 Å². The van der Waals surface area contributed by atoms with E-state index in [2.05, 4.69) is 10.4 Å². The topological polar surface area (TPSA) is 59.4 Å². The molecule has 0 spiro atoms. The van der Waals surface area contributed by atoms with Gasteiger partial charge in [-0.3, -0.25) is 4.68 Å². The SMILES string of the molecule is CCC(NC(=O)N(CCOC)Cc1cnn(C)c1)c1ccc(F)cc1. The highest BCUT2D eigenvalue weighted by Crippen LogP contribution is 2.17. The summed E-state index contributed by atoms with van der Waals surface area (Å²) in [6.45, 7) is 3.34. The fourth-order valence-corrected chi connectivity index (χ4v) is 2.58. The van der Waals surface area contributed by atoms with Gasteiger partial charge < -0.3 is 15.0 Å². The molecule has 1 atom stereocenters. The number of nitrogens with zero attached hydrogens (tertiary/aromatic N) is 3.